The number of nitrogens with two attached hydrogens (primary N) is 1. The van der Waals surface area contributed by atoms with E-state index in [4.69, 9.17) is 5.73 Å². The van der Waals surface area contributed by atoms with Gasteiger partial charge in [-0.2, -0.15) is 0 Å². The highest BCUT2D eigenvalue weighted by molar-refractivity contribution is 5.78. The third kappa shape index (κ3) is 1.77. The van der Waals surface area contributed by atoms with Crippen LogP contribution in [0.5, 0.6) is 0 Å². The second kappa shape index (κ2) is 4.21. The molecule has 2 N–H and O–H groups in total. The highest BCUT2D eigenvalue weighted by atomic mass is 16.2. The minimum atomic E-state index is 0.193. The van der Waals surface area contributed by atoms with Gasteiger partial charge in [0.25, 0.3) is 0 Å². The molecule has 4 bridgehead atoms. The summed E-state index contributed by atoms with van der Waals surface area (Å²) in [6, 6.07) is 0.525. The molecule has 0 radical (unpaired) electrons. The molecule has 1 aliphatic heterocycles. The van der Waals surface area contributed by atoms with E-state index in [0.29, 0.717) is 11.5 Å². The number of likely N-dealkylation sites (tertiary alicyclic amines) is 1. The zero-order valence-electron chi connectivity index (χ0n) is 11.8. The quantitative estimate of drug-likeness (QED) is 0.829. The highest BCUT2D eigenvalue weighted by Crippen LogP contribution is 2.63. The van der Waals surface area contributed by atoms with Crippen molar-refractivity contribution in [1.29, 1.82) is 0 Å². The minimum Gasteiger partial charge on any atom is -0.338 e. The second-order valence-corrected chi connectivity index (χ2v) is 7.73. The largest absolute Gasteiger partial charge is 0.338 e. The minimum absolute atomic E-state index is 0.193. The number of carbonyl (C=O) groups excluding carboxylic acids is 1. The van der Waals surface area contributed by atoms with Crippen LogP contribution < -0.4 is 5.73 Å². The van der Waals surface area contributed by atoms with Gasteiger partial charge in [-0.15, -0.1) is 0 Å². The molecule has 0 aromatic rings. The molecule has 5 rings (SSSR count). The SMILES string of the molecule is NCC(=O)N1CCCC1C12CC3CC(CC(C3)C1)C2. The number of hydrogen-bond acceptors (Lipinski definition) is 2. The molecule has 0 spiro atoms. The molecule has 0 aromatic heterocycles. The van der Waals surface area contributed by atoms with Crippen LogP contribution in [-0.4, -0.2) is 29.9 Å². The van der Waals surface area contributed by atoms with E-state index >= 15 is 0 Å². The lowest BCUT2D eigenvalue weighted by atomic mass is 9.47. The molecule has 1 unspecified atom stereocenters. The third-order valence-electron chi connectivity index (χ3n) is 6.54. The Morgan fingerprint density at radius 1 is 1.11 bits per heavy atom. The van der Waals surface area contributed by atoms with Crippen molar-refractivity contribution in [3.63, 3.8) is 0 Å². The summed E-state index contributed by atoms with van der Waals surface area (Å²) in [7, 11) is 0. The summed E-state index contributed by atoms with van der Waals surface area (Å²) < 4.78 is 0. The molecule has 3 heteroatoms. The Bertz CT molecular complexity index is 357. The Hall–Kier alpha value is -0.570. The summed E-state index contributed by atoms with van der Waals surface area (Å²) >= 11 is 0. The fourth-order valence-electron chi connectivity index (χ4n) is 6.40. The van der Waals surface area contributed by atoms with Gasteiger partial charge in [0.05, 0.1) is 6.54 Å². The molecular weight excluding hydrogens is 236 g/mol. The summed E-state index contributed by atoms with van der Waals surface area (Å²) in [6.07, 6.45) is 11.1. The van der Waals surface area contributed by atoms with Gasteiger partial charge in [-0.25, -0.2) is 0 Å². The Labute approximate surface area is 115 Å². The Morgan fingerprint density at radius 2 is 1.68 bits per heavy atom. The van der Waals surface area contributed by atoms with Gasteiger partial charge in [0.1, 0.15) is 0 Å². The van der Waals surface area contributed by atoms with Crippen molar-refractivity contribution in [2.75, 3.05) is 13.1 Å². The van der Waals surface area contributed by atoms with E-state index in [9.17, 15) is 4.79 Å². The molecule has 1 amide bonds. The zero-order valence-corrected chi connectivity index (χ0v) is 11.8. The summed E-state index contributed by atoms with van der Waals surface area (Å²) in [5.41, 5.74) is 6.10. The highest BCUT2D eigenvalue weighted by Gasteiger charge is 2.56. The first-order valence-corrected chi connectivity index (χ1v) is 8.20. The van der Waals surface area contributed by atoms with E-state index in [1.165, 1.54) is 51.4 Å². The third-order valence-corrected chi connectivity index (χ3v) is 6.54. The first-order chi connectivity index (χ1) is 9.20. The predicted octanol–water partition coefficient (Wildman–Crippen LogP) is 2.15. The molecular formula is C16H26N2O. The molecule has 3 nitrogen and oxygen atoms in total. The van der Waals surface area contributed by atoms with Crippen molar-refractivity contribution < 1.29 is 4.79 Å². The molecule has 1 saturated heterocycles. The molecule has 4 aliphatic carbocycles. The van der Waals surface area contributed by atoms with Crippen molar-refractivity contribution in [1.82, 2.24) is 4.90 Å². The van der Waals surface area contributed by atoms with E-state index in [2.05, 4.69) is 4.90 Å². The van der Waals surface area contributed by atoms with Crippen LogP contribution in [0, 0.1) is 23.2 Å². The van der Waals surface area contributed by atoms with Gasteiger partial charge in [0, 0.05) is 12.6 Å². The Kier molecular flexibility index (Phi) is 2.70. The molecule has 19 heavy (non-hydrogen) atoms. The topological polar surface area (TPSA) is 46.3 Å². The number of carbonyl (C=O) groups is 1. The molecule has 0 aromatic carbocycles. The van der Waals surface area contributed by atoms with Crippen LogP contribution >= 0.6 is 0 Å². The fraction of sp³-hybridized carbons (Fsp3) is 0.938. The van der Waals surface area contributed by atoms with Crippen molar-refractivity contribution >= 4 is 5.91 Å². The van der Waals surface area contributed by atoms with Crippen LogP contribution in [0.1, 0.15) is 51.4 Å². The maximum atomic E-state index is 12.1. The molecule has 4 saturated carbocycles. The number of hydrogen-bond donors (Lipinski definition) is 1. The summed E-state index contributed by atoms with van der Waals surface area (Å²) in [5, 5.41) is 0. The van der Waals surface area contributed by atoms with Gasteiger partial charge in [-0.1, -0.05) is 0 Å². The molecule has 5 aliphatic rings. The first kappa shape index (κ1) is 12.2. The van der Waals surface area contributed by atoms with Gasteiger partial charge in [-0.3, -0.25) is 4.79 Å². The van der Waals surface area contributed by atoms with E-state index in [0.717, 1.165) is 24.3 Å². The summed E-state index contributed by atoms with van der Waals surface area (Å²) in [5.74, 6) is 3.11. The smallest absolute Gasteiger partial charge is 0.236 e. The normalized spacial score (nSPS) is 47.9. The van der Waals surface area contributed by atoms with E-state index < -0.39 is 0 Å². The Morgan fingerprint density at radius 3 is 2.21 bits per heavy atom. The fourth-order valence-corrected chi connectivity index (χ4v) is 6.40. The van der Waals surface area contributed by atoms with Gasteiger partial charge in [-0.05, 0) is 74.5 Å². The average molecular weight is 262 g/mol. The van der Waals surface area contributed by atoms with Crippen LogP contribution in [-0.2, 0) is 4.79 Å². The van der Waals surface area contributed by atoms with Gasteiger partial charge in [0.15, 0.2) is 0 Å². The first-order valence-electron chi connectivity index (χ1n) is 8.20. The zero-order chi connectivity index (χ0) is 13.0. The molecule has 1 heterocycles. The molecule has 5 fully saturated rings. The van der Waals surface area contributed by atoms with Crippen molar-refractivity contribution in [3.05, 3.63) is 0 Å². The second-order valence-electron chi connectivity index (χ2n) is 7.73. The lowest BCUT2D eigenvalue weighted by molar-refractivity contribution is -0.140. The van der Waals surface area contributed by atoms with Crippen LogP contribution in [0.4, 0.5) is 0 Å². The maximum absolute atomic E-state index is 12.1. The number of nitrogens with zero attached hydrogens (tertiary/aromatic N) is 1. The Balaban J connectivity index is 1.62. The molecule has 106 valence electrons. The molecule has 1 atom stereocenters. The van der Waals surface area contributed by atoms with E-state index in [-0.39, 0.29) is 12.5 Å². The maximum Gasteiger partial charge on any atom is 0.236 e. The lowest BCUT2D eigenvalue weighted by Crippen LogP contribution is -2.56. The predicted molar refractivity (Wildman–Crippen MR) is 74.4 cm³/mol. The summed E-state index contributed by atoms with van der Waals surface area (Å²) in [6.45, 7) is 1.16. The van der Waals surface area contributed by atoms with E-state index in [1.54, 1.807) is 0 Å². The van der Waals surface area contributed by atoms with Crippen LogP contribution in [0.3, 0.4) is 0 Å². The number of amides is 1. The van der Waals surface area contributed by atoms with Crippen molar-refractivity contribution in [3.8, 4) is 0 Å². The standard InChI is InChI=1S/C16H26N2O/c17-10-15(19)18-3-1-2-14(18)16-7-11-4-12(8-16)6-13(5-11)9-16/h11-14H,1-10,17H2. The van der Waals surface area contributed by atoms with Gasteiger partial charge >= 0.3 is 0 Å². The van der Waals surface area contributed by atoms with E-state index in [1.807, 2.05) is 0 Å². The van der Waals surface area contributed by atoms with Crippen molar-refractivity contribution in [2.24, 2.45) is 28.9 Å². The number of rotatable bonds is 2. The van der Waals surface area contributed by atoms with Crippen LogP contribution in [0.25, 0.3) is 0 Å². The van der Waals surface area contributed by atoms with Gasteiger partial charge < -0.3 is 10.6 Å². The van der Waals surface area contributed by atoms with Crippen molar-refractivity contribution in [2.45, 2.75) is 57.4 Å². The monoisotopic (exact) mass is 262 g/mol. The lowest BCUT2D eigenvalue weighted by Gasteiger charge is -2.60. The van der Waals surface area contributed by atoms with Crippen LogP contribution in [0.2, 0.25) is 0 Å². The van der Waals surface area contributed by atoms with Crippen LogP contribution in [0.15, 0.2) is 0 Å². The average Bonchev–Trinajstić information content (AvgIpc) is 2.86. The van der Waals surface area contributed by atoms with Gasteiger partial charge in [0.2, 0.25) is 5.91 Å². The summed E-state index contributed by atoms with van der Waals surface area (Å²) in [4.78, 5) is 14.3.